The van der Waals surface area contributed by atoms with Crippen molar-refractivity contribution in [1.29, 1.82) is 0 Å². The number of ether oxygens (including phenoxy) is 1. The van der Waals surface area contributed by atoms with Gasteiger partial charge in [-0.2, -0.15) is 0 Å². The second-order valence-corrected chi connectivity index (χ2v) is 4.53. The molecule has 0 unspecified atom stereocenters. The van der Waals surface area contributed by atoms with E-state index in [0.29, 0.717) is 4.90 Å². The zero-order chi connectivity index (χ0) is 10.6. The van der Waals surface area contributed by atoms with Crippen LogP contribution in [0.25, 0.3) is 0 Å². The lowest BCUT2D eigenvalue weighted by Gasteiger charge is -2.05. The van der Waals surface area contributed by atoms with Crippen LogP contribution in [0.5, 0.6) is 5.75 Å². The van der Waals surface area contributed by atoms with Crippen LogP contribution in [-0.2, 0) is 10.8 Å². The van der Waals surface area contributed by atoms with Crippen LogP contribution >= 0.6 is 0 Å². The average molecular weight is 214 g/mol. The highest BCUT2D eigenvalue weighted by atomic mass is 32.2. The lowest BCUT2D eigenvalue weighted by atomic mass is 10.3. The first kappa shape index (κ1) is 11.2. The topological polar surface area (TPSA) is 46.5 Å². The molecule has 14 heavy (non-hydrogen) atoms. The molecule has 0 aliphatic heterocycles. The highest BCUT2D eigenvalue weighted by Gasteiger charge is 2.06. The third-order valence-electron chi connectivity index (χ3n) is 1.71. The Balaban J connectivity index is 2.71. The van der Waals surface area contributed by atoms with Crippen molar-refractivity contribution < 1.29 is 14.1 Å². The quantitative estimate of drug-likeness (QED) is 0.818. The second kappa shape index (κ2) is 5.12. The SMILES string of the molecule is COc1ccc([S@](=O)C[C@H](C)O)cc1. The van der Waals surface area contributed by atoms with Crippen LogP contribution in [-0.4, -0.2) is 28.3 Å². The first-order valence-corrected chi connectivity index (χ1v) is 5.66. The predicted molar refractivity (Wildman–Crippen MR) is 56.0 cm³/mol. The molecule has 0 aliphatic carbocycles. The summed E-state index contributed by atoms with van der Waals surface area (Å²) in [4.78, 5) is 0.715. The minimum atomic E-state index is -1.13. The molecule has 0 spiro atoms. The minimum Gasteiger partial charge on any atom is -0.497 e. The summed E-state index contributed by atoms with van der Waals surface area (Å²) in [7, 11) is 0.456. The van der Waals surface area contributed by atoms with E-state index < -0.39 is 16.9 Å². The maximum absolute atomic E-state index is 11.6. The highest BCUT2D eigenvalue weighted by Crippen LogP contribution is 2.14. The molecule has 0 saturated carbocycles. The maximum Gasteiger partial charge on any atom is 0.118 e. The first-order chi connectivity index (χ1) is 6.63. The molecule has 2 atom stereocenters. The number of methoxy groups -OCH3 is 1. The molecule has 1 rings (SSSR count). The van der Waals surface area contributed by atoms with Crippen molar-refractivity contribution >= 4 is 10.8 Å². The van der Waals surface area contributed by atoms with Crippen LogP contribution in [0.3, 0.4) is 0 Å². The second-order valence-electron chi connectivity index (χ2n) is 3.04. The lowest BCUT2D eigenvalue weighted by Crippen LogP contribution is -2.12. The van der Waals surface area contributed by atoms with Gasteiger partial charge >= 0.3 is 0 Å². The number of aliphatic hydroxyl groups is 1. The summed E-state index contributed by atoms with van der Waals surface area (Å²) in [6, 6.07) is 7.01. The average Bonchev–Trinajstić information content (AvgIpc) is 2.17. The van der Waals surface area contributed by atoms with Gasteiger partial charge in [-0.3, -0.25) is 4.21 Å². The highest BCUT2D eigenvalue weighted by molar-refractivity contribution is 7.85. The van der Waals surface area contributed by atoms with Crippen molar-refractivity contribution in [1.82, 2.24) is 0 Å². The van der Waals surface area contributed by atoms with Crippen molar-refractivity contribution in [2.24, 2.45) is 0 Å². The summed E-state index contributed by atoms with van der Waals surface area (Å²) >= 11 is 0. The molecule has 1 aromatic carbocycles. The van der Waals surface area contributed by atoms with Crippen molar-refractivity contribution in [3.8, 4) is 5.75 Å². The predicted octanol–water partition coefficient (Wildman–Crippen LogP) is 1.18. The Morgan fingerprint density at radius 2 is 2.00 bits per heavy atom. The monoisotopic (exact) mass is 214 g/mol. The summed E-state index contributed by atoms with van der Waals surface area (Å²) in [5, 5.41) is 9.07. The Kier molecular flexibility index (Phi) is 4.10. The summed E-state index contributed by atoms with van der Waals surface area (Å²) in [6.45, 7) is 1.63. The van der Waals surface area contributed by atoms with Crippen LogP contribution in [0.15, 0.2) is 29.2 Å². The molecule has 0 radical (unpaired) electrons. The largest absolute Gasteiger partial charge is 0.497 e. The molecule has 1 N–H and O–H groups in total. The van der Waals surface area contributed by atoms with E-state index in [1.54, 1.807) is 38.3 Å². The molecule has 0 fully saturated rings. The van der Waals surface area contributed by atoms with Gasteiger partial charge in [0, 0.05) is 4.90 Å². The van der Waals surface area contributed by atoms with Crippen molar-refractivity contribution in [3.05, 3.63) is 24.3 Å². The van der Waals surface area contributed by atoms with E-state index in [0.717, 1.165) is 5.75 Å². The standard InChI is InChI=1S/C10H14O3S/c1-8(11)7-14(12)10-5-3-9(13-2)4-6-10/h3-6,8,11H,7H2,1-2H3/t8-,14+/m0/s1. The summed E-state index contributed by atoms with van der Waals surface area (Å²) in [5.41, 5.74) is 0. The molecule has 0 bridgehead atoms. The van der Waals surface area contributed by atoms with E-state index in [-0.39, 0.29) is 5.75 Å². The number of benzene rings is 1. The Bertz CT molecular complexity index is 306. The van der Waals surface area contributed by atoms with E-state index in [1.165, 1.54) is 0 Å². The summed E-state index contributed by atoms with van der Waals surface area (Å²) in [6.07, 6.45) is -0.544. The van der Waals surface area contributed by atoms with Crippen molar-refractivity contribution in [3.63, 3.8) is 0 Å². The van der Waals surface area contributed by atoms with Crippen molar-refractivity contribution in [2.45, 2.75) is 17.9 Å². The fraction of sp³-hybridized carbons (Fsp3) is 0.400. The van der Waals surface area contributed by atoms with Gasteiger partial charge in [-0.1, -0.05) is 0 Å². The summed E-state index contributed by atoms with van der Waals surface area (Å²) in [5.74, 6) is 1.01. The smallest absolute Gasteiger partial charge is 0.118 e. The van der Waals surface area contributed by atoms with E-state index in [9.17, 15) is 4.21 Å². The van der Waals surface area contributed by atoms with Gasteiger partial charge in [-0.25, -0.2) is 0 Å². The normalized spacial score (nSPS) is 14.8. The van der Waals surface area contributed by atoms with Gasteiger partial charge in [0.1, 0.15) is 5.75 Å². The van der Waals surface area contributed by atoms with Gasteiger partial charge in [0.05, 0.1) is 29.8 Å². The third kappa shape index (κ3) is 3.12. The lowest BCUT2D eigenvalue weighted by molar-refractivity contribution is 0.219. The van der Waals surface area contributed by atoms with E-state index in [2.05, 4.69) is 0 Å². The molecule has 4 heteroatoms. The number of aliphatic hydroxyl groups excluding tert-OH is 1. The molecular weight excluding hydrogens is 200 g/mol. The first-order valence-electron chi connectivity index (χ1n) is 4.34. The maximum atomic E-state index is 11.6. The molecule has 0 heterocycles. The van der Waals surface area contributed by atoms with Gasteiger partial charge in [0.25, 0.3) is 0 Å². The van der Waals surface area contributed by atoms with Crippen LogP contribution < -0.4 is 4.74 Å². The van der Waals surface area contributed by atoms with Crippen LogP contribution in [0.4, 0.5) is 0 Å². The van der Waals surface area contributed by atoms with E-state index >= 15 is 0 Å². The number of hydrogen-bond acceptors (Lipinski definition) is 3. The summed E-state index contributed by atoms with van der Waals surface area (Å²) < 4.78 is 16.5. The zero-order valence-electron chi connectivity index (χ0n) is 8.27. The Hall–Kier alpha value is -0.870. The number of rotatable bonds is 4. The van der Waals surface area contributed by atoms with Gasteiger partial charge in [0.15, 0.2) is 0 Å². The Labute approximate surface area is 86.2 Å². The Morgan fingerprint density at radius 3 is 2.43 bits per heavy atom. The van der Waals surface area contributed by atoms with E-state index in [1.807, 2.05) is 0 Å². The van der Waals surface area contributed by atoms with Crippen LogP contribution in [0.1, 0.15) is 6.92 Å². The van der Waals surface area contributed by atoms with Gasteiger partial charge < -0.3 is 9.84 Å². The molecular formula is C10H14O3S. The molecule has 0 aromatic heterocycles. The Morgan fingerprint density at radius 1 is 1.43 bits per heavy atom. The van der Waals surface area contributed by atoms with Crippen molar-refractivity contribution in [2.75, 3.05) is 12.9 Å². The van der Waals surface area contributed by atoms with E-state index in [4.69, 9.17) is 9.84 Å². The molecule has 1 aromatic rings. The zero-order valence-corrected chi connectivity index (χ0v) is 9.08. The number of hydrogen-bond donors (Lipinski definition) is 1. The fourth-order valence-corrected chi connectivity index (χ4v) is 2.11. The van der Waals surface area contributed by atoms with Gasteiger partial charge in [0.2, 0.25) is 0 Å². The molecule has 0 saturated heterocycles. The fourth-order valence-electron chi connectivity index (χ4n) is 1.04. The van der Waals surface area contributed by atoms with Crippen LogP contribution in [0, 0.1) is 0 Å². The molecule has 3 nitrogen and oxygen atoms in total. The van der Waals surface area contributed by atoms with Gasteiger partial charge in [-0.05, 0) is 31.2 Å². The minimum absolute atomic E-state index is 0.270. The van der Waals surface area contributed by atoms with Crippen LogP contribution in [0.2, 0.25) is 0 Å². The molecule has 0 aliphatic rings. The third-order valence-corrected chi connectivity index (χ3v) is 3.30. The molecule has 78 valence electrons. The molecule has 0 amide bonds. The van der Waals surface area contributed by atoms with Gasteiger partial charge in [-0.15, -0.1) is 0 Å².